The van der Waals surface area contributed by atoms with E-state index >= 15 is 4.79 Å². The highest BCUT2D eigenvalue weighted by Crippen LogP contribution is 2.65. The number of hydrogen-bond acceptors (Lipinski definition) is 7. The molecular formula is C34H29ClN2O7. The van der Waals surface area contributed by atoms with Crippen LogP contribution in [0.15, 0.2) is 90.5 Å². The Kier molecular flexibility index (Phi) is 6.92. The van der Waals surface area contributed by atoms with Crippen LogP contribution in [-0.2, 0) is 24.6 Å². The number of fused-ring (bicyclic) bond motifs is 4. The summed E-state index contributed by atoms with van der Waals surface area (Å²) in [5.41, 5.74) is 0.894. The topological polar surface area (TPSA) is 124 Å². The van der Waals surface area contributed by atoms with E-state index in [-0.39, 0.29) is 31.1 Å². The molecule has 4 aliphatic rings. The molecule has 224 valence electrons. The molecule has 7 rings (SSSR count). The number of hydroxylamine groups is 2. The molecule has 0 radical (unpaired) electrons. The van der Waals surface area contributed by atoms with Gasteiger partial charge in [-0.15, -0.1) is 0 Å². The lowest BCUT2D eigenvalue weighted by Gasteiger charge is -2.50. The first-order valence-electron chi connectivity index (χ1n) is 14.6. The minimum atomic E-state index is -1.45. The highest BCUT2D eigenvalue weighted by Gasteiger charge is 2.70. The van der Waals surface area contributed by atoms with Crippen molar-refractivity contribution >= 4 is 40.9 Å². The summed E-state index contributed by atoms with van der Waals surface area (Å²) >= 11 is 6.33. The number of imide groups is 2. The molecule has 0 bridgehead atoms. The molecule has 6 unspecified atom stereocenters. The fraction of sp³-hybridized carbons (Fsp3) is 0.294. The van der Waals surface area contributed by atoms with Crippen molar-refractivity contribution in [2.24, 2.45) is 23.7 Å². The van der Waals surface area contributed by atoms with Crippen molar-refractivity contribution in [3.05, 3.63) is 107 Å². The summed E-state index contributed by atoms with van der Waals surface area (Å²) in [7, 11) is 0. The van der Waals surface area contributed by atoms with Gasteiger partial charge in [-0.1, -0.05) is 77.8 Å². The molecule has 2 aliphatic carbocycles. The molecule has 2 aliphatic heterocycles. The maximum Gasteiger partial charge on any atom is 0.257 e. The van der Waals surface area contributed by atoms with Crippen LogP contribution >= 0.6 is 11.6 Å². The molecule has 9 nitrogen and oxygen atoms in total. The molecule has 3 fully saturated rings. The summed E-state index contributed by atoms with van der Waals surface area (Å²) in [6.45, 7) is -0.226. The van der Waals surface area contributed by atoms with Gasteiger partial charge in [0.25, 0.3) is 11.8 Å². The number of ether oxygens (including phenoxy) is 1. The lowest BCUT2D eigenvalue weighted by molar-refractivity contribution is -0.173. The number of carbonyl (C=O) groups is 4. The molecule has 44 heavy (non-hydrogen) atoms. The first-order valence-corrected chi connectivity index (χ1v) is 15.0. The number of anilines is 1. The zero-order valence-electron chi connectivity index (χ0n) is 23.5. The second-order valence-corrected chi connectivity index (χ2v) is 12.1. The largest absolute Gasteiger partial charge is 0.491 e. The van der Waals surface area contributed by atoms with Gasteiger partial charge in [-0.25, -0.2) is 4.90 Å². The van der Waals surface area contributed by atoms with E-state index < -0.39 is 58.6 Å². The number of amides is 4. The number of benzene rings is 3. The molecule has 2 heterocycles. The van der Waals surface area contributed by atoms with Crippen molar-refractivity contribution in [2.45, 2.75) is 24.2 Å². The van der Waals surface area contributed by atoms with Crippen molar-refractivity contribution in [3.8, 4) is 5.75 Å². The Labute approximate surface area is 258 Å². The van der Waals surface area contributed by atoms with Gasteiger partial charge in [0.1, 0.15) is 12.4 Å². The van der Waals surface area contributed by atoms with Crippen LogP contribution < -0.4 is 9.64 Å². The molecule has 6 atom stereocenters. The Hall–Kier alpha value is -4.31. The number of hydrogen-bond donors (Lipinski definition) is 2. The van der Waals surface area contributed by atoms with E-state index in [4.69, 9.17) is 16.3 Å². The Morgan fingerprint density at radius 3 is 2.39 bits per heavy atom. The molecule has 0 spiro atoms. The number of aliphatic hydroxyl groups is 1. The SMILES string of the molecule is O=C1C2CC=C3C(CC4C(=O)N(c5cccc(Cl)c5)C(=O)C4(c4ccccc4)C3c3ccccc3OCCO)C2C(=O)N1O. The number of nitrogens with zero attached hydrogens (tertiary/aromatic N) is 2. The van der Waals surface area contributed by atoms with Crippen molar-refractivity contribution in [2.75, 3.05) is 18.1 Å². The van der Waals surface area contributed by atoms with E-state index in [0.717, 1.165) is 5.57 Å². The maximum absolute atomic E-state index is 15.1. The smallest absolute Gasteiger partial charge is 0.257 e. The average molecular weight is 613 g/mol. The second-order valence-electron chi connectivity index (χ2n) is 11.7. The van der Waals surface area contributed by atoms with Crippen LogP contribution in [-0.4, -0.2) is 52.2 Å². The van der Waals surface area contributed by atoms with Gasteiger partial charge >= 0.3 is 0 Å². The number of halogens is 1. The fourth-order valence-electron chi connectivity index (χ4n) is 8.08. The molecule has 2 saturated heterocycles. The summed E-state index contributed by atoms with van der Waals surface area (Å²) in [4.78, 5) is 57.2. The number of para-hydroxylation sites is 1. The van der Waals surface area contributed by atoms with E-state index in [1.165, 1.54) is 4.90 Å². The maximum atomic E-state index is 15.1. The number of rotatable bonds is 6. The molecule has 4 amide bonds. The highest BCUT2D eigenvalue weighted by atomic mass is 35.5. The van der Waals surface area contributed by atoms with Crippen molar-refractivity contribution in [3.63, 3.8) is 0 Å². The first kappa shape index (κ1) is 28.5. The summed E-state index contributed by atoms with van der Waals surface area (Å²) in [6, 6.07) is 23.0. The first-order chi connectivity index (χ1) is 21.3. The minimum absolute atomic E-state index is 0.00660. The van der Waals surface area contributed by atoms with Crippen LogP contribution in [0.4, 0.5) is 5.69 Å². The van der Waals surface area contributed by atoms with Gasteiger partial charge in [0, 0.05) is 16.5 Å². The van der Waals surface area contributed by atoms with Gasteiger partial charge in [-0.3, -0.25) is 24.4 Å². The minimum Gasteiger partial charge on any atom is -0.491 e. The molecule has 3 aromatic rings. The molecule has 2 N–H and O–H groups in total. The van der Waals surface area contributed by atoms with E-state index in [0.29, 0.717) is 27.6 Å². The lowest BCUT2D eigenvalue weighted by Crippen LogP contribution is -2.53. The summed E-state index contributed by atoms with van der Waals surface area (Å²) in [5.74, 6) is -5.73. The normalized spacial score (nSPS) is 29.3. The van der Waals surface area contributed by atoms with Crippen molar-refractivity contribution < 1.29 is 34.2 Å². The molecule has 3 aromatic carbocycles. The molecule has 0 aromatic heterocycles. The number of aliphatic hydroxyl groups excluding tert-OH is 1. The Morgan fingerprint density at radius 2 is 1.64 bits per heavy atom. The third-order valence-corrected chi connectivity index (χ3v) is 9.96. The van der Waals surface area contributed by atoms with Crippen molar-refractivity contribution in [1.29, 1.82) is 0 Å². The van der Waals surface area contributed by atoms with Crippen molar-refractivity contribution in [1.82, 2.24) is 5.06 Å². The van der Waals surface area contributed by atoms with E-state index in [2.05, 4.69) is 0 Å². The predicted molar refractivity (Wildman–Crippen MR) is 159 cm³/mol. The quantitative estimate of drug-likeness (QED) is 0.242. The van der Waals surface area contributed by atoms with Gasteiger partial charge in [-0.05, 0) is 48.6 Å². The van der Waals surface area contributed by atoms with E-state index in [1.807, 2.05) is 48.5 Å². The second kappa shape index (κ2) is 10.7. The van der Waals surface area contributed by atoms with Crippen LogP contribution in [0.1, 0.15) is 29.9 Å². The Balaban J connectivity index is 1.52. The summed E-state index contributed by atoms with van der Waals surface area (Å²) in [6.07, 6.45) is 2.22. The van der Waals surface area contributed by atoms with Gasteiger partial charge in [0.15, 0.2) is 0 Å². The zero-order chi connectivity index (χ0) is 30.7. The van der Waals surface area contributed by atoms with Crippen LogP contribution in [0.25, 0.3) is 0 Å². The Morgan fingerprint density at radius 1 is 0.886 bits per heavy atom. The number of allylic oxidation sites excluding steroid dienone is 2. The van der Waals surface area contributed by atoms with Crippen LogP contribution in [0.3, 0.4) is 0 Å². The molecule has 10 heteroatoms. The van der Waals surface area contributed by atoms with E-state index in [9.17, 15) is 24.7 Å². The summed E-state index contributed by atoms with van der Waals surface area (Å²) < 4.78 is 6.01. The number of carbonyl (C=O) groups excluding carboxylic acids is 4. The van der Waals surface area contributed by atoms with Gasteiger partial charge < -0.3 is 9.84 Å². The van der Waals surface area contributed by atoms with Crippen LogP contribution in [0, 0.1) is 23.7 Å². The monoisotopic (exact) mass is 612 g/mol. The average Bonchev–Trinajstić information content (AvgIpc) is 3.40. The molecule has 1 saturated carbocycles. The lowest BCUT2D eigenvalue weighted by atomic mass is 9.49. The third-order valence-electron chi connectivity index (χ3n) is 9.72. The van der Waals surface area contributed by atoms with Crippen LogP contribution in [0.5, 0.6) is 5.75 Å². The van der Waals surface area contributed by atoms with Gasteiger partial charge in [-0.2, -0.15) is 5.06 Å². The van der Waals surface area contributed by atoms with Gasteiger partial charge in [0.2, 0.25) is 11.8 Å². The van der Waals surface area contributed by atoms with Crippen LogP contribution in [0.2, 0.25) is 5.02 Å². The third kappa shape index (κ3) is 3.93. The molecular weight excluding hydrogens is 584 g/mol. The fourth-order valence-corrected chi connectivity index (χ4v) is 8.26. The Bertz CT molecular complexity index is 1730. The zero-order valence-corrected chi connectivity index (χ0v) is 24.3. The van der Waals surface area contributed by atoms with Gasteiger partial charge in [0.05, 0.1) is 35.5 Å². The summed E-state index contributed by atoms with van der Waals surface area (Å²) in [5, 5.41) is 20.5. The standard InChI is InChI=1S/C34H29ClN2O7/c35-20-9-6-10-21(17-20)36-31(40)26-18-25-22(13-14-24-28(25)32(41)37(43)30(24)39)29(23-11-4-5-12-27(23)44-16-15-38)34(26,33(36)42)19-7-2-1-3-8-19/h1-13,17,24-26,28-29,38,43H,14-16,18H2. The highest BCUT2D eigenvalue weighted by molar-refractivity contribution is 6.32. The predicted octanol–water partition coefficient (Wildman–Crippen LogP) is 4.26. The van der Waals surface area contributed by atoms with E-state index in [1.54, 1.807) is 36.4 Å².